The molecule has 0 radical (unpaired) electrons. The van der Waals surface area contributed by atoms with Gasteiger partial charge in [-0.1, -0.05) is 54.6 Å². The summed E-state index contributed by atoms with van der Waals surface area (Å²) >= 11 is 0. The lowest BCUT2D eigenvalue weighted by Gasteiger charge is -2.32. The Balaban J connectivity index is 2.27. The average molecular weight is 343 g/mol. The maximum absolute atomic E-state index is 12.7. The number of carbonyl (C=O) groups is 2. The molecule has 6 heteroatoms. The Kier molecular flexibility index (Phi) is 6.17. The van der Waals surface area contributed by atoms with Crippen molar-refractivity contribution in [2.75, 3.05) is 21.3 Å². The second-order valence-corrected chi connectivity index (χ2v) is 5.40. The van der Waals surface area contributed by atoms with Crippen LogP contribution in [0.25, 0.3) is 0 Å². The molecule has 2 aromatic carbocycles. The molecule has 1 unspecified atom stereocenters. The van der Waals surface area contributed by atoms with Crippen LogP contribution in [0.5, 0.6) is 0 Å². The molecule has 0 heterocycles. The Labute approximate surface area is 146 Å². The van der Waals surface area contributed by atoms with Gasteiger partial charge in [-0.05, 0) is 0 Å². The smallest absolute Gasteiger partial charge is 0.232 e. The molecule has 0 aliphatic heterocycles. The SMILES string of the molecule is COC(OC)C(N)(OC)C(=O)c1ccc(C(=O)c2ccccc2)cc1. The summed E-state index contributed by atoms with van der Waals surface area (Å²) in [6, 6.07) is 15.1. The van der Waals surface area contributed by atoms with Gasteiger partial charge in [0.25, 0.3) is 0 Å². The molecular weight excluding hydrogens is 322 g/mol. The first-order chi connectivity index (χ1) is 12.0. The number of benzene rings is 2. The van der Waals surface area contributed by atoms with E-state index in [2.05, 4.69) is 0 Å². The van der Waals surface area contributed by atoms with Gasteiger partial charge >= 0.3 is 0 Å². The molecule has 1 atom stereocenters. The molecule has 0 fully saturated rings. The zero-order valence-electron chi connectivity index (χ0n) is 14.4. The maximum Gasteiger partial charge on any atom is 0.232 e. The van der Waals surface area contributed by atoms with Crippen LogP contribution in [0.2, 0.25) is 0 Å². The molecule has 0 saturated heterocycles. The van der Waals surface area contributed by atoms with Crippen molar-refractivity contribution >= 4 is 11.6 Å². The summed E-state index contributed by atoms with van der Waals surface area (Å²) in [5, 5.41) is 0. The maximum atomic E-state index is 12.7. The highest BCUT2D eigenvalue weighted by Crippen LogP contribution is 2.20. The lowest BCUT2D eigenvalue weighted by Crippen LogP contribution is -2.60. The van der Waals surface area contributed by atoms with Crippen LogP contribution in [-0.2, 0) is 14.2 Å². The average Bonchev–Trinajstić information content (AvgIpc) is 2.68. The molecule has 0 aliphatic rings. The monoisotopic (exact) mass is 343 g/mol. The summed E-state index contributed by atoms with van der Waals surface area (Å²) in [5.41, 5.74) is 5.57. The van der Waals surface area contributed by atoms with E-state index in [0.29, 0.717) is 11.1 Å². The molecule has 0 bridgehead atoms. The van der Waals surface area contributed by atoms with Gasteiger partial charge in [0.1, 0.15) is 0 Å². The van der Waals surface area contributed by atoms with E-state index in [1.807, 2.05) is 6.07 Å². The Morgan fingerprint density at radius 3 is 1.80 bits per heavy atom. The van der Waals surface area contributed by atoms with Crippen molar-refractivity contribution in [2.24, 2.45) is 5.73 Å². The third kappa shape index (κ3) is 3.83. The largest absolute Gasteiger partial charge is 0.352 e. The number of hydrogen-bond donors (Lipinski definition) is 1. The van der Waals surface area contributed by atoms with E-state index >= 15 is 0 Å². The zero-order valence-corrected chi connectivity index (χ0v) is 14.4. The van der Waals surface area contributed by atoms with Crippen molar-refractivity contribution in [1.29, 1.82) is 0 Å². The number of ether oxygens (including phenoxy) is 3. The van der Waals surface area contributed by atoms with Gasteiger partial charge in [0.15, 0.2) is 5.78 Å². The number of nitrogens with two attached hydrogens (primary N) is 1. The minimum absolute atomic E-state index is 0.128. The molecule has 0 aliphatic carbocycles. The first-order valence-corrected chi connectivity index (χ1v) is 7.62. The van der Waals surface area contributed by atoms with Crippen LogP contribution in [0.15, 0.2) is 54.6 Å². The Bertz CT molecular complexity index is 725. The van der Waals surface area contributed by atoms with Crippen LogP contribution in [-0.4, -0.2) is 44.9 Å². The van der Waals surface area contributed by atoms with Crippen LogP contribution in [0.1, 0.15) is 26.3 Å². The third-order valence-electron chi connectivity index (χ3n) is 3.92. The number of ketones is 2. The highest BCUT2D eigenvalue weighted by Gasteiger charge is 2.44. The number of methoxy groups -OCH3 is 3. The Morgan fingerprint density at radius 1 is 0.840 bits per heavy atom. The van der Waals surface area contributed by atoms with E-state index < -0.39 is 17.8 Å². The Hall–Kier alpha value is -2.38. The van der Waals surface area contributed by atoms with Crippen molar-refractivity contribution in [3.63, 3.8) is 0 Å². The fourth-order valence-corrected chi connectivity index (χ4v) is 2.50. The van der Waals surface area contributed by atoms with Crippen LogP contribution in [0.3, 0.4) is 0 Å². The molecular formula is C19H21NO5. The number of rotatable bonds is 8. The van der Waals surface area contributed by atoms with Gasteiger partial charge in [-0.3, -0.25) is 15.3 Å². The van der Waals surface area contributed by atoms with Crippen molar-refractivity contribution in [3.8, 4) is 0 Å². The van der Waals surface area contributed by atoms with Crippen LogP contribution in [0, 0.1) is 0 Å². The predicted octanol–water partition coefficient (Wildman–Crippen LogP) is 2.02. The summed E-state index contributed by atoms with van der Waals surface area (Å²) in [6.07, 6.45) is -1.07. The topological polar surface area (TPSA) is 87.8 Å². The fraction of sp³-hybridized carbons (Fsp3) is 0.263. The van der Waals surface area contributed by atoms with Crippen LogP contribution >= 0.6 is 0 Å². The van der Waals surface area contributed by atoms with Gasteiger partial charge in [-0.15, -0.1) is 0 Å². The standard InChI is InChI=1S/C19H21NO5/c1-23-18(24-2)19(20,25-3)17(22)15-11-9-14(10-12-15)16(21)13-7-5-4-6-8-13/h4-12,18H,20H2,1-3H3. The number of hydrogen-bond acceptors (Lipinski definition) is 6. The van der Waals surface area contributed by atoms with Crippen molar-refractivity contribution in [3.05, 3.63) is 71.3 Å². The highest BCUT2D eigenvalue weighted by molar-refractivity contribution is 6.10. The molecule has 25 heavy (non-hydrogen) atoms. The summed E-state index contributed by atoms with van der Waals surface area (Å²) in [5.74, 6) is -0.639. The predicted molar refractivity (Wildman–Crippen MR) is 92.4 cm³/mol. The number of carbonyl (C=O) groups excluding carboxylic acids is 2. The highest BCUT2D eigenvalue weighted by atomic mass is 16.7. The minimum Gasteiger partial charge on any atom is -0.352 e. The van der Waals surface area contributed by atoms with E-state index in [-0.39, 0.29) is 11.3 Å². The van der Waals surface area contributed by atoms with E-state index in [4.69, 9.17) is 19.9 Å². The van der Waals surface area contributed by atoms with E-state index in [1.165, 1.54) is 33.5 Å². The Morgan fingerprint density at radius 2 is 1.32 bits per heavy atom. The van der Waals surface area contributed by atoms with E-state index in [9.17, 15) is 9.59 Å². The van der Waals surface area contributed by atoms with Gasteiger partial charge in [0.2, 0.25) is 17.8 Å². The van der Waals surface area contributed by atoms with Gasteiger partial charge in [0, 0.05) is 38.0 Å². The van der Waals surface area contributed by atoms with Gasteiger partial charge in [-0.25, -0.2) is 0 Å². The van der Waals surface area contributed by atoms with E-state index in [0.717, 1.165) is 0 Å². The van der Waals surface area contributed by atoms with Crippen LogP contribution < -0.4 is 5.73 Å². The normalized spacial score (nSPS) is 13.5. The van der Waals surface area contributed by atoms with Crippen LogP contribution in [0.4, 0.5) is 0 Å². The van der Waals surface area contributed by atoms with Gasteiger partial charge in [0.05, 0.1) is 0 Å². The fourth-order valence-electron chi connectivity index (χ4n) is 2.50. The lowest BCUT2D eigenvalue weighted by atomic mass is 9.97. The molecule has 2 N–H and O–H groups in total. The van der Waals surface area contributed by atoms with Gasteiger partial charge in [-0.2, -0.15) is 0 Å². The molecule has 2 aromatic rings. The molecule has 0 aromatic heterocycles. The molecule has 0 spiro atoms. The lowest BCUT2D eigenvalue weighted by molar-refractivity contribution is -0.202. The van der Waals surface area contributed by atoms with Crippen molar-refractivity contribution < 1.29 is 23.8 Å². The molecule has 0 saturated carbocycles. The quantitative estimate of drug-likeness (QED) is 0.583. The van der Waals surface area contributed by atoms with Gasteiger partial charge < -0.3 is 14.2 Å². The third-order valence-corrected chi connectivity index (χ3v) is 3.92. The second kappa shape index (κ2) is 8.13. The first-order valence-electron chi connectivity index (χ1n) is 7.62. The van der Waals surface area contributed by atoms with Crippen molar-refractivity contribution in [2.45, 2.75) is 12.0 Å². The summed E-state index contributed by atoms with van der Waals surface area (Å²) in [7, 11) is 4.03. The van der Waals surface area contributed by atoms with Crippen molar-refractivity contribution in [1.82, 2.24) is 0 Å². The number of Topliss-reactive ketones (excluding diaryl/α,β-unsaturated/α-hetero) is 1. The summed E-state index contributed by atoms with van der Waals surface area (Å²) < 4.78 is 15.3. The zero-order chi connectivity index (χ0) is 18.4. The summed E-state index contributed by atoms with van der Waals surface area (Å²) in [6.45, 7) is 0. The van der Waals surface area contributed by atoms with E-state index in [1.54, 1.807) is 36.4 Å². The molecule has 132 valence electrons. The molecule has 6 nitrogen and oxygen atoms in total. The second-order valence-electron chi connectivity index (χ2n) is 5.40. The summed E-state index contributed by atoms with van der Waals surface area (Å²) in [4.78, 5) is 25.1. The minimum atomic E-state index is -1.80. The first kappa shape index (κ1) is 19.0. The molecule has 0 amide bonds. The molecule has 2 rings (SSSR count).